The van der Waals surface area contributed by atoms with E-state index in [-0.39, 0.29) is 0 Å². The molecule has 0 bridgehead atoms. The van der Waals surface area contributed by atoms with Crippen molar-refractivity contribution < 1.29 is 0 Å². The average molecular weight is 322 g/mol. The van der Waals surface area contributed by atoms with Gasteiger partial charge in [0.15, 0.2) is 11.6 Å². The monoisotopic (exact) mass is 322 g/mol. The summed E-state index contributed by atoms with van der Waals surface area (Å²) in [5.74, 6) is 1.64. The second-order valence-electron chi connectivity index (χ2n) is 6.45. The molecule has 0 fully saturated rings. The average Bonchev–Trinajstić information content (AvgIpc) is 3.22. The minimum atomic E-state index is 0.794. The van der Waals surface area contributed by atoms with Gasteiger partial charge in [-0.05, 0) is 43.4 Å². The topological polar surface area (TPSA) is 46.5 Å². The van der Waals surface area contributed by atoms with Crippen LogP contribution < -0.4 is 0 Å². The van der Waals surface area contributed by atoms with E-state index in [0.29, 0.717) is 0 Å². The number of aromatic amines is 1. The zero-order valence-corrected chi connectivity index (χ0v) is 14.8. The summed E-state index contributed by atoms with van der Waals surface area (Å²) in [6, 6.07) is 4.64. The Labute approximate surface area is 144 Å². The largest absolute Gasteiger partial charge is 0.342 e. The molecule has 0 aliphatic carbocycles. The molecule has 0 unspecified atom stereocenters. The molecule has 0 aliphatic heterocycles. The number of rotatable bonds is 7. The second kappa shape index (κ2) is 7.47. The highest BCUT2D eigenvalue weighted by atomic mass is 15.1. The molecule has 3 rings (SSSR count). The Kier molecular flexibility index (Phi) is 5.14. The van der Waals surface area contributed by atoms with E-state index >= 15 is 0 Å². The molecule has 3 aromatic rings. The number of aryl methyl sites for hydroxylation is 3. The molecule has 0 aliphatic rings. The van der Waals surface area contributed by atoms with Gasteiger partial charge < -0.3 is 4.98 Å². The zero-order chi connectivity index (χ0) is 16.9. The van der Waals surface area contributed by atoms with Crippen LogP contribution in [0.15, 0.2) is 36.9 Å². The van der Waals surface area contributed by atoms with Crippen molar-refractivity contribution in [3.8, 4) is 17.3 Å². The maximum Gasteiger partial charge on any atom is 0.180 e. The van der Waals surface area contributed by atoms with E-state index in [4.69, 9.17) is 0 Å². The molecule has 4 nitrogen and oxygen atoms in total. The van der Waals surface area contributed by atoms with Crippen LogP contribution >= 0.6 is 0 Å². The highest BCUT2D eigenvalue weighted by Gasteiger charge is 2.14. The third-order valence-corrected chi connectivity index (χ3v) is 4.46. The molecule has 1 aromatic carbocycles. The zero-order valence-electron chi connectivity index (χ0n) is 14.8. The molecule has 1 N–H and O–H groups in total. The van der Waals surface area contributed by atoms with Gasteiger partial charge in [0.25, 0.3) is 0 Å². The van der Waals surface area contributed by atoms with Gasteiger partial charge >= 0.3 is 0 Å². The van der Waals surface area contributed by atoms with Gasteiger partial charge in [0.2, 0.25) is 0 Å². The SMILES string of the molecule is CCCCCCc1cc(C)c(-n2ccnc2-c2ncc[nH]2)c(C)c1. The lowest BCUT2D eigenvalue weighted by atomic mass is 9.99. The van der Waals surface area contributed by atoms with Gasteiger partial charge in [-0.1, -0.05) is 38.3 Å². The number of hydrogen-bond acceptors (Lipinski definition) is 2. The summed E-state index contributed by atoms with van der Waals surface area (Å²) < 4.78 is 2.13. The van der Waals surface area contributed by atoms with Crippen LogP contribution in [0.25, 0.3) is 17.3 Å². The molecular weight excluding hydrogens is 296 g/mol. The van der Waals surface area contributed by atoms with Crippen LogP contribution in [0.5, 0.6) is 0 Å². The summed E-state index contributed by atoms with van der Waals surface area (Å²) in [5, 5.41) is 0. The molecule has 0 saturated heterocycles. The van der Waals surface area contributed by atoms with E-state index in [1.807, 2.05) is 18.6 Å². The van der Waals surface area contributed by atoms with E-state index in [9.17, 15) is 0 Å². The van der Waals surface area contributed by atoms with E-state index in [2.05, 4.69) is 52.4 Å². The van der Waals surface area contributed by atoms with Crippen LogP contribution in [0.4, 0.5) is 0 Å². The number of H-pyrrole nitrogens is 1. The maximum atomic E-state index is 4.48. The highest BCUT2D eigenvalue weighted by Crippen LogP contribution is 2.26. The van der Waals surface area contributed by atoms with Crippen molar-refractivity contribution in [2.75, 3.05) is 0 Å². The second-order valence-corrected chi connectivity index (χ2v) is 6.45. The van der Waals surface area contributed by atoms with Gasteiger partial charge in [-0.25, -0.2) is 9.97 Å². The maximum absolute atomic E-state index is 4.48. The first-order valence-electron chi connectivity index (χ1n) is 8.84. The summed E-state index contributed by atoms with van der Waals surface area (Å²) in [4.78, 5) is 12.0. The fourth-order valence-corrected chi connectivity index (χ4v) is 3.37. The first-order chi connectivity index (χ1) is 11.7. The number of unbranched alkanes of at least 4 members (excludes halogenated alkanes) is 3. The number of imidazole rings is 2. The quantitative estimate of drug-likeness (QED) is 0.622. The van der Waals surface area contributed by atoms with Gasteiger partial charge in [0, 0.05) is 24.8 Å². The van der Waals surface area contributed by atoms with Gasteiger partial charge in [-0.15, -0.1) is 0 Å². The Hall–Kier alpha value is -2.36. The van der Waals surface area contributed by atoms with Crippen LogP contribution in [-0.4, -0.2) is 19.5 Å². The Morgan fingerprint density at radius 2 is 1.79 bits per heavy atom. The summed E-state index contributed by atoms with van der Waals surface area (Å²) in [5.41, 5.74) is 5.21. The van der Waals surface area contributed by atoms with Gasteiger partial charge in [0.1, 0.15) is 0 Å². The van der Waals surface area contributed by atoms with Gasteiger partial charge in [-0.3, -0.25) is 4.57 Å². The van der Waals surface area contributed by atoms with E-state index in [1.54, 1.807) is 6.20 Å². The van der Waals surface area contributed by atoms with E-state index in [0.717, 1.165) is 18.1 Å². The minimum Gasteiger partial charge on any atom is -0.342 e. The van der Waals surface area contributed by atoms with Crippen LogP contribution in [0, 0.1) is 13.8 Å². The molecule has 0 atom stereocenters. The lowest BCUT2D eigenvalue weighted by Crippen LogP contribution is -2.03. The Morgan fingerprint density at radius 3 is 2.46 bits per heavy atom. The number of nitrogens with zero attached hydrogens (tertiary/aromatic N) is 3. The van der Waals surface area contributed by atoms with Gasteiger partial charge in [-0.2, -0.15) is 0 Å². The third-order valence-electron chi connectivity index (χ3n) is 4.46. The number of nitrogens with one attached hydrogen (secondary N) is 1. The van der Waals surface area contributed by atoms with Crippen molar-refractivity contribution >= 4 is 0 Å². The van der Waals surface area contributed by atoms with Crippen molar-refractivity contribution in [2.45, 2.75) is 52.9 Å². The summed E-state index contributed by atoms with van der Waals surface area (Å²) in [7, 11) is 0. The number of aromatic nitrogens is 4. The van der Waals surface area contributed by atoms with Crippen molar-refractivity contribution in [3.05, 3.63) is 53.6 Å². The van der Waals surface area contributed by atoms with Gasteiger partial charge in [0.05, 0.1) is 5.69 Å². The smallest absolute Gasteiger partial charge is 0.180 e. The lowest BCUT2D eigenvalue weighted by molar-refractivity contribution is 0.666. The Bertz CT molecular complexity index is 761. The van der Waals surface area contributed by atoms with Crippen LogP contribution in [0.3, 0.4) is 0 Å². The summed E-state index contributed by atoms with van der Waals surface area (Å²) in [6.45, 7) is 6.62. The molecular formula is C20H26N4. The predicted octanol–water partition coefficient (Wildman–Crippen LogP) is 5.00. The molecule has 2 heterocycles. The summed E-state index contributed by atoms with van der Waals surface area (Å²) in [6.07, 6.45) is 13.8. The van der Waals surface area contributed by atoms with Crippen LogP contribution in [0.1, 0.15) is 49.3 Å². The molecule has 0 radical (unpaired) electrons. The first-order valence-corrected chi connectivity index (χ1v) is 8.84. The normalized spacial score (nSPS) is 11.1. The highest BCUT2D eigenvalue weighted by molar-refractivity contribution is 5.56. The molecule has 24 heavy (non-hydrogen) atoms. The molecule has 0 spiro atoms. The Morgan fingerprint density at radius 1 is 1.00 bits per heavy atom. The molecule has 0 amide bonds. The van der Waals surface area contributed by atoms with Crippen molar-refractivity contribution in [2.24, 2.45) is 0 Å². The fourth-order valence-electron chi connectivity index (χ4n) is 3.37. The number of hydrogen-bond donors (Lipinski definition) is 1. The van der Waals surface area contributed by atoms with E-state index in [1.165, 1.54) is 48.1 Å². The van der Waals surface area contributed by atoms with Crippen molar-refractivity contribution in [1.82, 2.24) is 19.5 Å². The molecule has 4 heteroatoms. The van der Waals surface area contributed by atoms with E-state index < -0.39 is 0 Å². The lowest BCUT2D eigenvalue weighted by Gasteiger charge is -2.15. The molecule has 2 aromatic heterocycles. The minimum absolute atomic E-state index is 0.794. The summed E-state index contributed by atoms with van der Waals surface area (Å²) >= 11 is 0. The van der Waals surface area contributed by atoms with Crippen molar-refractivity contribution in [3.63, 3.8) is 0 Å². The fraction of sp³-hybridized carbons (Fsp3) is 0.400. The van der Waals surface area contributed by atoms with Crippen LogP contribution in [-0.2, 0) is 6.42 Å². The number of benzene rings is 1. The van der Waals surface area contributed by atoms with Crippen LogP contribution in [0.2, 0.25) is 0 Å². The standard InChI is InChI=1S/C20H26N4/c1-4-5-6-7-8-17-13-15(2)18(16(3)14-17)24-12-11-23-20(24)19-21-9-10-22-19/h9-14H,4-8H2,1-3H3,(H,21,22). The predicted molar refractivity (Wildman–Crippen MR) is 98.5 cm³/mol. The first kappa shape index (κ1) is 16.5. The van der Waals surface area contributed by atoms with Crippen molar-refractivity contribution in [1.29, 1.82) is 0 Å². The molecule has 0 saturated carbocycles. The third kappa shape index (κ3) is 3.42. The molecule has 126 valence electrons. The Balaban J connectivity index is 1.89.